The lowest BCUT2D eigenvalue weighted by atomic mass is 10.1. The van der Waals surface area contributed by atoms with Crippen molar-refractivity contribution in [2.24, 2.45) is 5.10 Å². The third-order valence-corrected chi connectivity index (χ3v) is 5.19. The van der Waals surface area contributed by atoms with Gasteiger partial charge in [0, 0.05) is 13.1 Å². The van der Waals surface area contributed by atoms with Crippen molar-refractivity contribution in [3.63, 3.8) is 0 Å². The number of methoxy groups -OCH3 is 1. The molecule has 0 atom stereocenters. The van der Waals surface area contributed by atoms with E-state index >= 15 is 0 Å². The topological polar surface area (TPSA) is 98.7 Å². The predicted octanol–water partition coefficient (Wildman–Crippen LogP) is 2.33. The Morgan fingerprint density at radius 1 is 1.09 bits per heavy atom. The van der Waals surface area contributed by atoms with Gasteiger partial charge in [0.05, 0.1) is 26.5 Å². The number of morpholine rings is 1. The van der Waals surface area contributed by atoms with Crippen LogP contribution in [0, 0.1) is 6.92 Å². The average molecular weight is 470 g/mol. The van der Waals surface area contributed by atoms with Gasteiger partial charge in [-0.2, -0.15) is 5.10 Å². The van der Waals surface area contributed by atoms with Crippen molar-refractivity contribution in [2.45, 2.75) is 20.3 Å². The fraction of sp³-hybridized carbons (Fsp3) is 0.400. The SMILES string of the molecule is CCc1cc(C)cc(OCC(=O)N/N=C/c2ccc(OCC(=O)N3CCOCC3)c(OC)c2)c1. The number of ether oxygens (including phenoxy) is 4. The second-order valence-corrected chi connectivity index (χ2v) is 7.78. The molecule has 0 bridgehead atoms. The first-order valence-corrected chi connectivity index (χ1v) is 11.2. The summed E-state index contributed by atoms with van der Waals surface area (Å²) in [6.45, 7) is 6.04. The highest BCUT2D eigenvalue weighted by Crippen LogP contribution is 2.27. The van der Waals surface area contributed by atoms with Crippen molar-refractivity contribution >= 4 is 18.0 Å². The van der Waals surface area contributed by atoms with E-state index in [1.54, 1.807) is 23.1 Å². The molecule has 2 aromatic rings. The van der Waals surface area contributed by atoms with Gasteiger partial charge in [0.1, 0.15) is 5.75 Å². The molecule has 0 unspecified atom stereocenters. The van der Waals surface area contributed by atoms with Gasteiger partial charge < -0.3 is 23.8 Å². The van der Waals surface area contributed by atoms with Crippen molar-refractivity contribution in [2.75, 3.05) is 46.6 Å². The Kier molecular flexibility index (Phi) is 9.28. The van der Waals surface area contributed by atoms with Gasteiger partial charge in [-0.3, -0.25) is 9.59 Å². The number of hydrazone groups is 1. The van der Waals surface area contributed by atoms with Crippen molar-refractivity contribution in [1.29, 1.82) is 0 Å². The maximum atomic E-state index is 12.3. The first-order valence-electron chi connectivity index (χ1n) is 11.2. The smallest absolute Gasteiger partial charge is 0.277 e. The maximum Gasteiger partial charge on any atom is 0.277 e. The molecular weight excluding hydrogens is 438 g/mol. The van der Waals surface area contributed by atoms with Crippen LogP contribution in [-0.2, 0) is 20.7 Å². The summed E-state index contributed by atoms with van der Waals surface area (Å²) >= 11 is 0. The molecule has 1 N–H and O–H groups in total. The van der Waals surface area contributed by atoms with Gasteiger partial charge >= 0.3 is 0 Å². The summed E-state index contributed by atoms with van der Waals surface area (Å²) in [5.41, 5.74) is 5.37. The number of hydrogen-bond donors (Lipinski definition) is 1. The van der Waals surface area contributed by atoms with Crippen LogP contribution in [-0.4, -0.2) is 69.6 Å². The Morgan fingerprint density at radius 2 is 1.88 bits per heavy atom. The Morgan fingerprint density at radius 3 is 2.62 bits per heavy atom. The fourth-order valence-corrected chi connectivity index (χ4v) is 3.40. The van der Waals surface area contributed by atoms with Crippen LogP contribution in [0.25, 0.3) is 0 Å². The van der Waals surface area contributed by atoms with Gasteiger partial charge in [0.15, 0.2) is 24.7 Å². The molecule has 1 heterocycles. The van der Waals surface area contributed by atoms with Crippen molar-refractivity contribution < 1.29 is 28.5 Å². The zero-order valence-corrected chi connectivity index (χ0v) is 19.8. The summed E-state index contributed by atoms with van der Waals surface area (Å²) in [6.07, 6.45) is 2.39. The summed E-state index contributed by atoms with van der Waals surface area (Å²) < 4.78 is 21.9. The molecule has 2 aromatic carbocycles. The second-order valence-electron chi connectivity index (χ2n) is 7.78. The minimum Gasteiger partial charge on any atom is -0.493 e. The number of nitrogens with zero attached hydrogens (tertiary/aromatic N) is 2. The van der Waals surface area contributed by atoms with E-state index in [1.807, 2.05) is 19.1 Å². The van der Waals surface area contributed by atoms with Crippen molar-refractivity contribution in [3.05, 3.63) is 53.1 Å². The number of benzene rings is 2. The third kappa shape index (κ3) is 7.48. The van der Waals surface area contributed by atoms with Crippen molar-refractivity contribution in [3.8, 4) is 17.2 Å². The average Bonchev–Trinajstić information content (AvgIpc) is 2.86. The number of aryl methyl sites for hydroxylation is 2. The van der Waals surface area contributed by atoms with Gasteiger partial charge in [0.25, 0.3) is 11.8 Å². The molecular formula is C25H31N3O6. The van der Waals surface area contributed by atoms with Crippen LogP contribution in [0.1, 0.15) is 23.6 Å². The van der Waals surface area contributed by atoms with Gasteiger partial charge in [-0.1, -0.05) is 13.0 Å². The van der Waals surface area contributed by atoms with Gasteiger partial charge in [0.2, 0.25) is 0 Å². The minimum absolute atomic E-state index is 0.0828. The second kappa shape index (κ2) is 12.6. The van der Waals surface area contributed by atoms with Crippen LogP contribution in [0.4, 0.5) is 0 Å². The first kappa shape index (κ1) is 25.0. The van der Waals surface area contributed by atoms with E-state index in [-0.39, 0.29) is 25.0 Å². The molecule has 2 amide bonds. The van der Waals surface area contributed by atoms with E-state index in [0.717, 1.165) is 17.5 Å². The Balaban J connectivity index is 1.49. The molecule has 9 nitrogen and oxygen atoms in total. The van der Waals surface area contributed by atoms with E-state index in [1.165, 1.54) is 13.3 Å². The number of rotatable bonds is 10. The quantitative estimate of drug-likeness (QED) is 0.424. The third-order valence-electron chi connectivity index (χ3n) is 5.19. The molecule has 182 valence electrons. The highest BCUT2D eigenvalue weighted by Gasteiger charge is 2.18. The maximum absolute atomic E-state index is 12.3. The number of carbonyl (C=O) groups excluding carboxylic acids is 2. The first-order chi connectivity index (χ1) is 16.5. The number of nitrogens with one attached hydrogen (secondary N) is 1. The van der Waals surface area contributed by atoms with Crippen LogP contribution in [0.5, 0.6) is 17.2 Å². The number of amides is 2. The summed E-state index contributed by atoms with van der Waals surface area (Å²) in [6, 6.07) is 11.1. The summed E-state index contributed by atoms with van der Waals surface area (Å²) in [5, 5.41) is 3.97. The minimum atomic E-state index is -0.371. The Labute approximate surface area is 199 Å². The van der Waals surface area contributed by atoms with Crippen molar-refractivity contribution in [1.82, 2.24) is 10.3 Å². The lowest BCUT2D eigenvalue weighted by molar-refractivity contribution is -0.137. The zero-order valence-electron chi connectivity index (χ0n) is 19.8. The molecule has 0 radical (unpaired) electrons. The van der Waals surface area contributed by atoms with E-state index in [9.17, 15) is 9.59 Å². The molecule has 1 saturated heterocycles. The van der Waals surface area contributed by atoms with E-state index in [2.05, 4.69) is 23.5 Å². The van der Waals surface area contributed by atoms with Gasteiger partial charge in [-0.05, 0) is 60.4 Å². The molecule has 0 aromatic heterocycles. The number of hydrogen-bond acceptors (Lipinski definition) is 7. The van der Waals surface area contributed by atoms with Gasteiger partial charge in [-0.15, -0.1) is 0 Å². The summed E-state index contributed by atoms with van der Waals surface area (Å²) in [7, 11) is 1.52. The molecule has 9 heteroatoms. The lowest BCUT2D eigenvalue weighted by Gasteiger charge is -2.26. The normalized spacial score (nSPS) is 13.6. The Hall–Kier alpha value is -3.59. The molecule has 0 spiro atoms. The van der Waals surface area contributed by atoms with Crippen LogP contribution in [0.15, 0.2) is 41.5 Å². The van der Waals surface area contributed by atoms with Gasteiger partial charge in [-0.25, -0.2) is 5.43 Å². The van der Waals surface area contributed by atoms with Crippen LogP contribution >= 0.6 is 0 Å². The van der Waals surface area contributed by atoms with Crippen LogP contribution in [0.2, 0.25) is 0 Å². The predicted molar refractivity (Wildman–Crippen MR) is 128 cm³/mol. The largest absolute Gasteiger partial charge is 0.493 e. The monoisotopic (exact) mass is 469 g/mol. The van der Waals surface area contributed by atoms with E-state index < -0.39 is 0 Å². The molecule has 1 aliphatic rings. The van der Waals surface area contributed by atoms with Crippen LogP contribution < -0.4 is 19.6 Å². The molecule has 1 fully saturated rings. The standard InChI is InChI=1S/C25H31N3O6/c1-4-19-11-18(2)12-21(13-19)33-16-24(29)27-26-15-20-5-6-22(23(14-20)31-3)34-17-25(30)28-7-9-32-10-8-28/h5-6,11-15H,4,7-10,16-17H2,1-3H3,(H,27,29)/b26-15+. The summed E-state index contributed by atoms with van der Waals surface area (Å²) in [5.74, 6) is 1.09. The van der Waals surface area contributed by atoms with E-state index in [0.29, 0.717) is 49.1 Å². The molecule has 1 aliphatic heterocycles. The van der Waals surface area contributed by atoms with E-state index in [4.69, 9.17) is 18.9 Å². The highest BCUT2D eigenvalue weighted by molar-refractivity contribution is 5.84. The molecule has 34 heavy (non-hydrogen) atoms. The zero-order chi connectivity index (χ0) is 24.3. The number of carbonyl (C=O) groups is 2. The van der Waals surface area contributed by atoms with Crippen LogP contribution in [0.3, 0.4) is 0 Å². The molecule has 0 saturated carbocycles. The molecule has 0 aliphatic carbocycles. The molecule has 3 rings (SSSR count). The lowest BCUT2D eigenvalue weighted by Crippen LogP contribution is -2.43. The fourth-order valence-electron chi connectivity index (χ4n) is 3.40. The summed E-state index contributed by atoms with van der Waals surface area (Å²) in [4.78, 5) is 26.0. The highest BCUT2D eigenvalue weighted by atomic mass is 16.5. The Bertz CT molecular complexity index is 1020.